The van der Waals surface area contributed by atoms with Crippen LogP contribution in [-0.4, -0.2) is 18.0 Å². The summed E-state index contributed by atoms with van der Waals surface area (Å²) in [4.78, 5) is 2.48. The number of fused-ring (bicyclic) bond motifs is 1. The molecule has 0 aliphatic carbocycles. The highest BCUT2D eigenvalue weighted by Crippen LogP contribution is 2.29. The van der Waals surface area contributed by atoms with E-state index in [0.717, 1.165) is 16.6 Å². The fourth-order valence-corrected chi connectivity index (χ4v) is 3.52. The molecule has 17 heavy (non-hydrogen) atoms. The van der Waals surface area contributed by atoms with Crippen LogP contribution in [0.25, 0.3) is 10.1 Å². The molecular weight excluding hydrogens is 233 g/mol. The van der Waals surface area contributed by atoms with Crippen molar-refractivity contribution < 1.29 is 4.39 Å². The van der Waals surface area contributed by atoms with Crippen LogP contribution in [0, 0.1) is 5.82 Å². The van der Waals surface area contributed by atoms with Gasteiger partial charge in [0.25, 0.3) is 0 Å². The molecule has 0 atom stereocenters. The number of hydrogen-bond acceptors (Lipinski definition) is 2. The van der Waals surface area contributed by atoms with E-state index in [9.17, 15) is 4.39 Å². The summed E-state index contributed by atoms with van der Waals surface area (Å²) >= 11 is 1.53. The van der Waals surface area contributed by atoms with Crippen molar-refractivity contribution in [2.75, 3.05) is 13.1 Å². The first-order valence-electron chi connectivity index (χ1n) is 6.21. The van der Waals surface area contributed by atoms with Crippen molar-refractivity contribution in [2.24, 2.45) is 0 Å². The Balaban J connectivity index is 1.87. The van der Waals surface area contributed by atoms with Gasteiger partial charge in [-0.1, -0.05) is 18.6 Å². The first-order chi connectivity index (χ1) is 8.34. The van der Waals surface area contributed by atoms with Crippen molar-refractivity contribution in [1.29, 1.82) is 0 Å². The van der Waals surface area contributed by atoms with Crippen LogP contribution in [0.15, 0.2) is 23.6 Å². The predicted octanol–water partition coefficient (Wildman–Crippen LogP) is 4.03. The summed E-state index contributed by atoms with van der Waals surface area (Å²) in [7, 11) is 0. The smallest absolute Gasteiger partial charge is 0.140 e. The van der Waals surface area contributed by atoms with Crippen LogP contribution < -0.4 is 0 Å². The first kappa shape index (κ1) is 11.2. The van der Waals surface area contributed by atoms with Gasteiger partial charge in [0, 0.05) is 6.54 Å². The van der Waals surface area contributed by atoms with E-state index in [0.29, 0.717) is 0 Å². The Morgan fingerprint density at radius 1 is 1.18 bits per heavy atom. The molecule has 0 bridgehead atoms. The van der Waals surface area contributed by atoms with Crippen LogP contribution in [-0.2, 0) is 6.54 Å². The zero-order valence-electron chi connectivity index (χ0n) is 9.79. The molecule has 3 rings (SSSR count). The van der Waals surface area contributed by atoms with E-state index in [-0.39, 0.29) is 5.82 Å². The molecule has 1 nitrogen and oxygen atoms in total. The molecule has 1 fully saturated rings. The summed E-state index contributed by atoms with van der Waals surface area (Å²) in [5.41, 5.74) is 1.28. The molecule has 1 aromatic heterocycles. The Hall–Kier alpha value is -0.930. The Morgan fingerprint density at radius 2 is 2.00 bits per heavy atom. The summed E-state index contributed by atoms with van der Waals surface area (Å²) in [6.07, 6.45) is 3.96. The van der Waals surface area contributed by atoms with Crippen molar-refractivity contribution >= 4 is 21.4 Å². The zero-order chi connectivity index (χ0) is 11.7. The minimum absolute atomic E-state index is 0.0857. The van der Waals surface area contributed by atoms with E-state index >= 15 is 0 Å². The normalized spacial score (nSPS) is 17.7. The standard InChI is InChI=1S/C14H16FNS/c15-13-6-4-5-12-11(10-17-14(12)13)9-16-7-2-1-3-8-16/h4-6,10H,1-3,7-9H2. The minimum atomic E-state index is -0.0857. The lowest BCUT2D eigenvalue weighted by atomic mass is 10.1. The van der Waals surface area contributed by atoms with Gasteiger partial charge in [-0.2, -0.15) is 0 Å². The van der Waals surface area contributed by atoms with Crippen LogP contribution in [0.4, 0.5) is 4.39 Å². The number of benzene rings is 1. The highest BCUT2D eigenvalue weighted by molar-refractivity contribution is 7.17. The number of likely N-dealkylation sites (tertiary alicyclic amines) is 1. The van der Waals surface area contributed by atoms with E-state index in [4.69, 9.17) is 0 Å². The summed E-state index contributed by atoms with van der Waals surface area (Å²) in [5.74, 6) is -0.0857. The Morgan fingerprint density at radius 3 is 2.82 bits per heavy atom. The largest absolute Gasteiger partial charge is 0.299 e. The molecule has 0 unspecified atom stereocenters. The molecule has 1 saturated heterocycles. The van der Waals surface area contributed by atoms with Crippen LogP contribution in [0.2, 0.25) is 0 Å². The highest BCUT2D eigenvalue weighted by Gasteiger charge is 2.13. The maximum atomic E-state index is 13.6. The van der Waals surface area contributed by atoms with Gasteiger partial charge in [-0.3, -0.25) is 4.90 Å². The van der Waals surface area contributed by atoms with E-state index in [1.54, 1.807) is 6.07 Å². The second kappa shape index (κ2) is 4.75. The Kier molecular flexibility index (Phi) is 3.12. The maximum absolute atomic E-state index is 13.6. The van der Waals surface area contributed by atoms with Gasteiger partial charge in [0.05, 0.1) is 4.70 Å². The SMILES string of the molecule is Fc1cccc2c(CN3CCCCC3)csc12. The van der Waals surface area contributed by atoms with Gasteiger partial charge >= 0.3 is 0 Å². The Bertz CT molecular complexity index is 514. The molecule has 0 amide bonds. The lowest BCUT2D eigenvalue weighted by Gasteiger charge is -2.26. The Labute approximate surface area is 105 Å². The van der Waals surface area contributed by atoms with Crippen molar-refractivity contribution in [2.45, 2.75) is 25.8 Å². The van der Waals surface area contributed by atoms with E-state index in [1.165, 1.54) is 49.3 Å². The first-order valence-corrected chi connectivity index (χ1v) is 7.09. The molecule has 1 aliphatic rings. The molecule has 0 radical (unpaired) electrons. The summed E-state index contributed by atoms with van der Waals surface area (Å²) in [5, 5.41) is 3.21. The van der Waals surface area contributed by atoms with Gasteiger partial charge in [-0.25, -0.2) is 4.39 Å². The zero-order valence-corrected chi connectivity index (χ0v) is 10.6. The predicted molar refractivity (Wildman–Crippen MR) is 70.9 cm³/mol. The summed E-state index contributed by atoms with van der Waals surface area (Å²) in [6, 6.07) is 5.39. The molecule has 0 spiro atoms. The van der Waals surface area contributed by atoms with E-state index in [1.807, 2.05) is 12.1 Å². The van der Waals surface area contributed by atoms with Gasteiger partial charge in [0.2, 0.25) is 0 Å². The monoisotopic (exact) mass is 249 g/mol. The quantitative estimate of drug-likeness (QED) is 0.777. The molecule has 3 heteroatoms. The van der Waals surface area contributed by atoms with Gasteiger partial charge in [-0.15, -0.1) is 11.3 Å². The van der Waals surface area contributed by atoms with E-state index in [2.05, 4.69) is 10.3 Å². The van der Waals surface area contributed by atoms with Gasteiger partial charge in [0.15, 0.2) is 0 Å². The number of hydrogen-bond donors (Lipinski definition) is 0. The third-order valence-electron chi connectivity index (χ3n) is 3.47. The molecule has 1 aliphatic heterocycles. The fourth-order valence-electron chi connectivity index (χ4n) is 2.56. The molecule has 1 aromatic carbocycles. The lowest BCUT2D eigenvalue weighted by molar-refractivity contribution is 0.222. The minimum Gasteiger partial charge on any atom is -0.299 e. The van der Waals surface area contributed by atoms with Crippen LogP contribution in [0.1, 0.15) is 24.8 Å². The third kappa shape index (κ3) is 2.22. The van der Waals surface area contributed by atoms with Gasteiger partial charge in [-0.05, 0) is 48.3 Å². The van der Waals surface area contributed by atoms with E-state index < -0.39 is 0 Å². The van der Waals surface area contributed by atoms with Crippen LogP contribution in [0.3, 0.4) is 0 Å². The van der Waals surface area contributed by atoms with Gasteiger partial charge < -0.3 is 0 Å². The lowest BCUT2D eigenvalue weighted by Crippen LogP contribution is -2.28. The number of thiophene rings is 1. The number of nitrogens with zero attached hydrogens (tertiary/aromatic N) is 1. The molecule has 2 heterocycles. The van der Waals surface area contributed by atoms with Crippen molar-refractivity contribution in [3.8, 4) is 0 Å². The molecule has 90 valence electrons. The molecule has 0 N–H and O–H groups in total. The van der Waals surface area contributed by atoms with Crippen LogP contribution in [0.5, 0.6) is 0 Å². The van der Waals surface area contributed by atoms with Crippen molar-refractivity contribution in [3.63, 3.8) is 0 Å². The van der Waals surface area contributed by atoms with Crippen molar-refractivity contribution in [1.82, 2.24) is 4.90 Å². The topological polar surface area (TPSA) is 3.24 Å². The second-order valence-electron chi connectivity index (χ2n) is 4.71. The number of halogens is 1. The molecule has 2 aromatic rings. The fraction of sp³-hybridized carbons (Fsp3) is 0.429. The highest BCUT2D eigenvalue weighted by atomic mass is 32.1. The summed E-state index contributed by atoms with van der Waals surface area (Å²) in [6.45, 7) is 3.35. The van der Waals surface area contributed by atoms with Crippen LogP contribution >= 0.6 is 11.3 Å². The maximum Gasteiger partial charge on any atom is 0.140 e. The summed E-state index contributed by atoms with van der Waals surface area (Å²) < 4.78 is 14.4. The third-order valence-corrected chi connectivity index (χ3v) is 4.53. The molecular formula is C14H16FNS. The number of rotatable bonds is 2. The second-order valence-corrected chi connectivity index (χ2v) is 5.59. The van der Waals surface area contributed by atoms with Gasteiger partial charge in [0.1, 0.15) is 5.82 Å². The number of piperidine rings is 1. The van der Waals surface area contributed by atoms with Crippen molar-refractivity contribution in [3.05, 3.63) is 35.0 Å². The average Bonchev–Trinajstić information content (AvgIpc) is 2.76. The average molecular weight is 249 g/mol. The molecule has 0 saturated carbocycles.